The quantitative estimate of drug-likeness (QED) is 0.939. The molecule has 0 bridgehead atoms. The van der Waals surface area contributed by atoms with Gasteiger partial charge in [0.2, 0.25) is 0 Å². The zero-order valence-electron chi connectivity index (χ0n) is 12.8. The van der Waals surface area contributed by atoms with Crippen molar-refractivity contribution in [3.8, 4) is 0 Å². The lowest BCUT2D eigenvalue weighted by atomic mass is 10.0. The number of aliphatic hydroxyl groups excluding tert-OH is 1. The molecule has 1 aliphatic rings. The van der Waals surface area contributed by atoms with Crippen LogP contribution in [0.1, 0.15) is 18.4 Å². The zero-order valence-corrected chi connectivity index (χ0v) is 12.8. The number of aliphatic hydroxyl groups is 1. The van der Waals surface area contributed by atoms with Gasteiger partial charge in [0, 0.05) is 24.5 Å². The minimum Gasteiger partial charge on any atom is -0.392 e. The first-order valence-electron chi connectivity index (χ1n) is 7.59. The number of hydrogen-bond acceptors (Lipinski definition) is 4. The molecule has 112 valence electrons. The maximum atomic E-state index is 9.19. The van der Waals surface area contributed by atoms with Gasteiger partial charge in [-0.05, 0) is 56.8 Å². The van der Waals surface area contributed by atoms with Crippen LogP contribution in [0.15, 0.2) is 30.3 Å². The molecule has 0 spiro atoms. The number of pyridine rings is 1. The molecule has 1 aromatic heterocycles. The van der Waals surface area contributed by atoms with E-state index in [-0.39, 0.29) is 6.61 Å². The fraction of sp³-hybridized carbons (Fsp3) is 0.471. The average molecular weight is 285 g/mol. The number of fused-ring (bicyclic) bond motifs is 1. The molecule has 4 nitrogen and oxygen atoms in total. The van der Waals surface area contributed by atoms with Crippen molar-refractivity contribution in [2.75, 3.05) is 32.1 Å². The molecule has 1 aromatic carbocycles. The Morgan fingerprint density at radius 3 is 2.62 bits per heavy atom. The Kier molecular flexibility index (Phi) is 4.08. The maximum Gasteiger partial charge on any atom is 0.129 e. The van der Waals surface area contributed by atoms with Crippen molar-refractivity contribution in [3.63, 3.8) is 0 Å². The lowest BCUT2D eigenvalue weighted by Gasteiger charge is -2.35. The Bertz CT molecular complexity index is 618. The highest BCUT2D eigenvalue weighted by molar-refractivity contribution is 5.81. The topological polar surface area (TPSA) is 39.6 Å². The van der Waals surface area contributed by atoms with Gasteiger partial charge in [-0.25, -0.2) is 4.98 Å². The molecule has 3 rings (SSSR count). The molecule has 2 heterocycles. The van der Waals surface area contributed by atoms with Crippen molar-refractivity contribution < 1.29 is 5.11 Å². The number of rotatable bonds is 3. The number of aromatic nitrogens is 1. The smallest absolute Gasteiger partial charge is 0.129 e. The van der Waals surface area contributed by atoms with Gasteiger partial charge in [-0.2, -0.15) is 0 Å². The van der Waals surface area contributed by atoms with Gasteiger partial charge >= 0.3 is 0 Å². The molecule has 1 N–H and O–H groups in total. The predicted octanol–water partition coefficient (Wildman–Crippen LogP) is 2.26. The Balaban J connectivity index is 1.79. The maximum absolute atomic E-state index is 9.19. The zero-order chi connectivity index (χ0) is 14.8. The van der Waals surface area contributed by atoms with Crippen LogP contribution in [0.4, 0.5) is 5.82 Å². The monoisotopic (exact) mass is 285 g/mol. The third kappa shape index (κ3) is 3.01. The summed E-state index contributed by atoms with van der Waals surface area (Å²) < 4.78 is 0. The molecule has 21 heavy (non-hydrogen) atoms. The second-order valence-corrected chi connectivity index (χ2v) is 6.04. The van der Waals surface area contributed by atoms with Crippen LogP contribution in [-0.2, 0) is 6.61 Å². The van der Waals surface area contributed by atoms with E-state index < -0.39 is 0 Å². The average Bonchev–Trinajstić information content (AvgIpc) is 2.54. The van der Waals surface area contributed by atoms with Gasteiger partial charge < -0.3 is 14.9 Å². The first-order valence-corrected chi connectivity index (χ1v) is 7.59. The molecule has 0 amide bonds. The van der Waals surface area contributed by atoms with E-state index >= 15 is 0 Å². The van der Waals surface area contributed by atoms with Gasteiger partial charge in [0.25, 0.3) is 0 Å². The number of nitrogens with zero attached hydrogens (tertiary/aromatic N) is 3. The highest BCUT2D eigenvalue weighted by Crippen LogP contribution is 2.23. The molecule has 1 aliphatic heterocycles. The van der Waals surface area contributed by atoms with Crippen LogP contribution in [0.5, 0.6) is 0 Å². The van der Waals surface area contributed by atoms with Gasteiger partial charge in [-0.3, -0.25) is 0 Å². The minimum atomic E-state index is 0.0791. The number of benzene rings is 1. The van der Waals surface area contributed by atoms with Crippen molar-refractivity contribution in [2.45, 2.75) is 25.5 Å². The van der Waals surface area contributed by atoms with Crippen LogP contribution in [0, 0.1) is 0 Å². The van der Waals surface area contributed by atoms with Gasteiger partial charge in [0.15, 0.2) is 0 Å². The fourth-order valence-electron chi connectivity index (χ4n) is 3.05. The lowest BCUT2D eigenvalue weighted by Crippen LogP contribution is -2.42. The summed E-state index contributed by atoms with van der Waals surface area (Å²) in [4.78, 5) is 9.47. The van der Waals surface area contributed by atoms with Crippen molar-refractivity contribution in [3.05, 3.63) is 35.9 Å². The summed E-state index contributed by atoms with van der Waals surface area (Å²) in [7, 11) is 4.32. The third-order valence-corrected chi connectivity index (χ3v) is 4.44. The molecule has 4 heteroatoms. The Morgan fingerprint density at radius 2 is 1.95 bits per heavy atom. The number of hydrogen-bond donors (Lipinski definition) is 1. The third-order valence-electron chi connectivity index (χ3n) is 4.44. The van der Waals surface area contributed by atoms with E-state index in [1.165, 1.54) is 12.8 Å². The van der Waals surface area contributed by atoms with Crippen molar-refractivity contribution >= 4 is 16.7 Å². The Labute approximate surface area is 126 Å². The molecule has 0 unspecified atom stereocenters. The summed E-state index contributed by atoms with van der Waals surface area (Å²) in [5.74, 6) is 1.07. The lowest BCUT2D eigenvalue weighted by molar-refractivity contribution is 0.249. The summed E-state index contributed by atoms with van der Waals surface area (Å²) in [6, 6.07) is 10.8. The molecule has 0 aliphatic carbocycles. The van der Waals surface area contributed by atoms with Crippen LogP contribution in [0.25, 0.3) is 10.9 Å². The summed E-state index contributed by atoms with van der Waals surface area (Å²) in [6.07, 6.45) is 2.38. The molecular formula is C17H23N3O. The van der Waals surface area contributed by atoms with Crippen LogP contribution < -0.4 is 4.90 Å². The summed E-state index contributed by atoms with van der Waals surface area (Å²) in [5.41, 5.74) is 1.93. The Morgan fingerprint density at radius 1 is 1.19 bits per heavy atom. The van der Waals surface area contributed by atoms with Gasteiger partial charge in [0.05, 0.1) is 12.1 Å². The van der Waals surface area contributed by atoms with E-state index in [9.17, 15) is 5.11 Å². The molecular weight excluding hydrogens is 262 g/mol. The minimum absolute atomic E-state index is 0.0791. The number of anilines is 1. The van der Waals surface area contributed by atoms with Gasteiger partial charge in [0.1, 0.15) is 5.82 Å². The van der Waals surface area contributed by atoms with Crippen LogP contribution in [0.3, 0.4) is 0 Å². The van der Waals surface area contributed by atoms with Crippen molar-refractivity contribution in [1.29, 1.82) is 0 Å². The molecule has 1 saturated heterocycles. The largest absolute Gasteiger partial charge is 0.392 e. The standard InChI is InChI=1S/C17H23N3O/c1-19(2)15-7-9-20(10-8-15)17-6-4-14-11-13(12-21)3-5-16(14)18-17/h3-6,11,15,21H,7-10,12H2,1-2H3. The summed E-state index contributed by atoms with van der Waals surface area (Å²) >= 11 is 0. The number of piperidine rings is 1. The van der Waals surface area contributed by atoms with E-state index in [4.69, 9.17) is 4.98 Å². The van der Waals surface area contributed by atoms with Gasteiger partial charge in [-0.15, -0.1) is 0 Å². The van der Waals surface area contributed by atoms with E-state index in [1.807, 2.05) is 18.2 Å². The van der Waals surface area contributed by atoms with Crippen LogP contribution >= 0.6 is 0 Å². The molecule has 2 aromatic rings. The van der Waals surface area contributed by atoms with Crippen LogP contribution in [0.2, 0.25) is 0 Å². The van der Waals surface area contributed by atoms with E-state index in [1.54, 1.807) is 0 Å². The molecule has 1 fully saturated rings. The predicted molar refractivity (Wildman–Crippen MR) is 86.6 cm³/mol. The summed E-state index contributed by atoms with van der Waals surface area (Å²) in [6.45, 7) is 2.21. The van der Waals surface area contributed by atoms with E-state index in [0.29, 0.717) is 6.04 Å². The SMILES string of the molecule is CN(C)C1CCN(c2ccc3cc(CO)ccc3n2)CC1. The summed E-state index contributed by atoms with van der Waals surface area (Å²) in [5, 5.41) is 10.3. The van der Waals surface area contributed by atoms with E-state index in [0.717, 1.165) is 35.4 Å². The normalized spacial score (nSPS) is 16.9. The second-order valence-electron chi connectivity index (χ2n) is 6.04. The first kappa shape index (κ1) is 14.3. The molecule has 0 radical (unpaired) electrons. The second kappa shape index (κ2) is 6.00. The fourth-order valence-corrected chi connectivity index (χ4v) is 3.05. The highest BCUT2D eigenvalue weighted by Gasteiger charge is 2.21. The van der Waals surface area contributed by atoms with Crippen molar-refractivity contribution in [1.82, 2.24) is 9.88 Å². The van der Waals surface area contributed by atoms with Gasteiger partial charge in [-0.1, -0.05) is 6.07 Å². The van der Waals surface area contributed by atoms with Crippen LogP contribution in [-0.4, -0.2) is 48.2 Å². The molecule has 0 atom stereocenters. The highest BCUT2D eigenvalue weighted by atomic mass is 16.3. The van der Waals surface area contributed by atoms with Crippen molar-refractivity contribution in [2.24, 2.45) is 0 Å². The Hall–Kier alpha value is -1.65. The molecule has 0 saturated carbocycles. The first-order chi connectivity index (χ1) is 10.2. The van der Waals surface area contributed by atoms with E-state index in [2.05, 4.69) is 36.0 Å².